The number of para-hydroxylation sites is 1. The number of fused-ring (bicyclic) bond motifs is 1. The van der Waals surface area contributed by atoms with Gasteiger partial charge in [-0.25, -0.2) is 9.78 Å². The van der Waals surface area contributed by atoms with Gasteiger partial charge in [0.05, 0.1) is 17.4 Å². The number of benzene rings is 2. The van der Waals surface area contributed by atoms with Crippen LogP contribution in [-0.2, 0) is 6.54 Å². The summed E-state index contributed by atoms with van der Waals surface area (Å²) in [5.74, 6) is 0.640. The summed E-state index contributed by atoms with van der Waals surface area (Å²) in [5, 5.41) is 3.47. The molecule has 8 heteroatoms. The van der Waals surface area contributed by atoms with Crippen LogP contribution in [0.2, 0.25) is 0 Å². The number of aromatic amines is 1. The molecule has 1 saturated heterocycles. The molecule has 1 fully saturated rings. The van der Waals surface area contributed by atoms with Gasteiger partial charge in [-0.05, 0) is 30.3 Å². The molecule has 28 heavy (non-hydrogen) atoms. The van der Waals surface area contributed by atoms with Crippen LogP contribution in [0.25, 0.3) is 10.9 Å². The van der Waals surface area contributed by atoms with Crippen molar-refractivity contribution in [3.8, 4) is 0 Å². The number of urea groups is 1. The third kappa shape index (κ3) is 3.96. The standard InChI is InChI=1S/C20H22N6O2/c21-14-4-3-5-15(12-14)22-20(28)26-10-8-25(9-11-26)13-18-23-17-7-2-1-6-16(17)19(27)24-18/h1-7,12H,8-11,13,21H2,(H,22,28)(H,23,24,27). The number of nitrogen functional groups attached to an aromatic ring is 1. The van der Waals surface area contributed by atoms with Gasteiger partial charge in [-0.3, -0.25) is 9.69 Å². The number of rotatable bonds is 3. The fourth-order valence-corrected chi connectivity index (χ4v) is 3.35. The van der Waals surface area contributed by atoms with Gasteiger partial charge >= 0.3 is 6.03 Å². The highest BCUT2D eigenvalue weighted by Crippen LogP contribution is 2.14. The Morgan fingerprint density at radius 2 is 1.89 bits per heavy atom. The van der Waals surface area contributed by atoms with E-state index in [1.54, 1.807) is 29.2 Å². The Kier molecular flexibility index (Phi) is 4.94. The largest absolute Gasteiger partial charge is 0.399 e. The summed E-state index contributed by atoms with van der Waals surface area (Å²) in [5.41, 5.74) is 7.61. The van der Waals surface area contributed by atoms with Crippen molar-refractivity contribution in [1.82, 2.24) is 19.8 Å². The normalized spacial score (nSPS) is 14.9. The Morgan fingerprint density at radius 1 is 1.11 bits per heavy atom. The summed E-state index contributed by atoms with van der Waals surface area (Å²) in [6.45, 7) is 3.17. The lowest BCUT2D eigenvalue weighted by Gasteiger charge is -2.34. The first kappa shape index (κ1) is 18.0. The van der Waals surface area contributed by atoms with Crippen molar-refractivity contribution in [2.24, 2.45) is 0 Å². The van der Waals surface area contributed by atoms with E-state index in [4.69, 9.17) is 5.73 Å². The van der Waals surface area contributed by atoms with Crippen molar-refractivity contribution in [2.75, 3.05) is 37.2 Å². The highest BCUT2D eigenvalue weighted by Gasteiger charge is 2.22. The second-order valence-electron chi connectivity index (χ2n) is 6.85. The summed E-state index contributed by atoms with van der Waals surface area (Å²) in [4.78, 5) is 36.0. The molecular weight excluding hydrogens is 356 g/mol. The number of H-pyrrole nitrogens is 1. The smallest absolute Gasteiger partial charge is 0.321 e. The van der Waals surface area contributed by atoms with Crippen molar-refractivity contribution >= 4 is 28.3 Å². The third-order valence-electron chi connectivity index (χ3n) is 4.83. The molecule has 1 aliphatic rings. The van der Waals surface area contributed by atoms with E-state index in [9.17, 15) is 9.59 Å². The minimum atomic E-state index is -0.137. The minimum Gasteiger partial charge on any atom is -0.399 e. The van der Waals surface area contributed by atoms with Gasteiger partial charge in [0.15, 0.2) is 0 Å². The number of nitrogens with zero attached hydrogens (tertiary/aromatic N) is 3. The molecule has 0 bridgehead atoms. The molecule has 4 N–H and O–H groups in total. The number of amides is 2. The molecule has 0 spiro atoms. The van der Waals surface area contributed by atoms with E-state index < -0.39 is 0 Å². The molecule has 3 aromatic rings. The predicted molar refractivity (Wildman–Crippen MR) is 109 cm³/mol. The number of carbonyl (C=O) groups is 1. The van der Waals surface area contributed by atoms with Crippen molar-refractivity contribution in [3.63, 3.8) is 0 Å². The number of aromatic nitrogens is 2. The van der Waals surface area contributed by atoms with Gasteiger partial charge in [0.2, 0.25) is 0 Å². The van der Waals surface area contributed by atoms with Crippen LogP contribution in [0.15, 0.2) is 53.3 Å². The Labute approximate surface area is 162 Å². The predicted octanol–water partition coefficient (Wildman–Crippen LogP) is 1.85. The van der Waals surface area contributed by atoms with E-state index in [0.29, 0.717) is 60.8 Å². The van der Waals surface area contributed by atoms with Crippen LogP contribution in [0.4, 0.5) is 16.2 Å². The maximum Gasteiger partial charge on any atom is 0.321 e. The van der Waals surface area contributed by atoms with Crippen molar-refractivity contribution in [2.45, 2.75) is 6.54 Å². The number of nitrogens with two attached hydrogens (primary N) is 1. The summed E-state index contributed by atoms with van der Waals surface area (Å²) >= 11 is 0. The molecule has 0 aliphatic carbocycles. The zero-order chi connectivity index (χ0) is 19.5. The molecule has 4 rings (SSSR count). The van der Waals surface area contributed by atoms with Gasteiger partial charge in [-0.15, -0.1) is 0 Å². The van der Waals surface area contributed by atoms with Crippen molar-refractivity contribution in [3.05, 3.63) is 64.7 Å². The second-order valence-corrected chi connectivity index (χ2v) is 6.85. The first-order valence-electron chi connectivity index (χ1n) is 9.20. The molecule has 1 aliphatic heterocycles. The fraction of sp³-hybridized carbons (Fsp3) is 0.250. The number of carbonyl (C=O) groups excluding carboxylic acids is 1. The number of nitrogens with one attached hydrogen (secondary N) is 2. The maximum absolute atomic E-state index is 12.4. The Hall–Kier alpha value is -3.39. The molecule has 8 nitrogen and oxygen atoms in total. The SMILES string of the molecule is Nc1cccc(NC(=O)N2CCN(Cc3nc4ccccc4c(=O)[nH]3)CC2)c1. The Balaban J connectivity index is 1.35. The molecule has 2 heterocycles. The van der Waals surface area contributed by atoms with Gasteiger partial charge in [-0.1, -0.05) is 18.2 Å². The van der Waals surface area contributed by atoms with Crippen molar-refractivity contribution in [1.29, 1.82) is 0 Å². The molecule has 1 aromatic heterocycles. The van der Waals surface area contributed by atoms with Crippen LogP contribution in [0.5, 0.6) is 0 Å². The van der Waals surface area contributed by atoms with Gasteiger partial charge in [0.25, 0.3) is 5.56 Å². The van der Waals surface area contributed by atoms with E-state index in [1.807, 2.05) is 24.3 Å². The van der Waals surface area contributed by atoms with E-state index in [2.05, 4.69) is 20.2 Å². The fourth-order valence-electron chi connectivity index (χ4n) is 3.35. The number of anilines is 2. The summed E-state index contributed by atoms with van der Waals surface area (Å²) in [6, 6.07) is 14.3. The monoisotopic (exact) mass is 378 g/mol. The first-order chi connectivity index (χ1) is 13.6. The zero-order valence-electron chi connectivity index (χ0n) is 15.4. The van der Waals surface area contributed by atoms with Gasteiger partial charge in [-0.2, -0.15) is 0 Å². The number of hydrogen-bond acceptors (Lipinski definition) is 5. The molecule has 2 aromatic carbocycles. The molecule has 144 valence electrons. The van der Waals surface area contributed by atoms with Crippen LogP contribution in [0.1, 0.15) is 5.82 Å². The lowest BCUT2D eigenvalue weighted by molar-refractivity contribution is 0.141. The molecule has 0 radical (unpaired) electrons. The molecule has 0 saturated carbocycles. The lowest BCUT2D eigenvalue weighted by Crippen LogP contribution is -2.49. The molecule has 0 atom stereocenters. The third-order valence-corrected chi connectivity index (χ3v) is 4.83. The summed E-state index contributed by atoms with van der Waals surface area (Å²) in [7, 11) is 0. The second kappa shape index (κ2) is 7.69. The van der Waals surface area contributed by atoms with E-state index in [0.717, 1.165) is 0 Å². The minimum absolute atomic E-state index is 0.124. The Bertz CT molecular complexity index is 1060. The number of piperazine rings is 1. The average molecular weight is 378 g/mol. The lowest BCUT2D eigenvalue weighted by atomic mass is 10.2. The number of hydrogen-bond donors (Lipinski definition) is 3. The van der Waals surface area contributed by atoms with Gasteiger partial charge < -0.3 is 20.9 Å². The summed E-state index contributed by atoms with van der Waals surface area (Å²) < 4.78 is 0. The molecule has 2 amide bonds. The van der Waals surface area contributed by atoms with E-state index >= 15 is 0 Å². The van der Waals surface area contributed by atoms with Crippen LogP contribution in [0, 0.1) is 0 Å². The van der Waals surface area contributed by atoms with Crippen LogP contribution < -0.4 is 16.6 Å². The van der Waals surface area contributed by atoms with E-state index in [-0.39, 0.29) is 11.6 Å². The van der Waals surface area contributed by atoms with Crippen LogP contribution >= 0.6 is 0 Å². The quantitative estimate of drug-likeness (QED) is 0.603. The Morgan fingerprint density at radius 3 is 2.68 bits per heavy atom. The topological polar surface area (TPSA) is 107 Å². The van der Waals surface area contributed by atoms with Crippen LogP contribution in [-0.4, -0.2) is 52.0 Å². The van der Waals surface area contributed by atoms with Gasteiger partial charge in [0, 0.05) is 37.6 Å². The van der Waals surface area contributed by atoms with Crippen molar-refractivity contribution < 1.29 is 4.79 Å². The highest BCUT2D eigenvalue weighted by molar-refractivity contribution is 5.89. The first-order valence-corrected chi connectivity index (χ1v) is 9.20. The summed E-state index contributed by atoms with van der Waals surface area (Å²) in [6.07, 6.45) is 0. The highest BCUT2D eigenvalue weighted by atomic mass is 16.2. The van der Waals surface area contributed by atoms with Gasteiger partial charge in [0.1, 0.15) is 5.82 Å². The maximum atomic E-state index is 12.4. The average Bonchev–Trinajstić information content (AvgIpc) is 2.68. The zero-order valence-corrected chi connectivity index (χ0v) is 15.4. The van der Waals surface area contributed by atoms with E-state index in [1.165, 1.54) is 0 Å². The van der Waals surface area contributed by atoms with Crippen LogP contribution in [0.3, 0.4) is 0 Å². The molecule has 0 unspecified atom stereocenters. The molecular formula is C20H22N6O2.